The van der Waals surface area contributed by atoms with Crippen molar-refractivity contribution in [1.82, 2.24) is 10.6 Å². The number of hydrogen-bond donors (Lipinski definition) is 2. The Balaban J connectivity index is 1.75. The number of carbonyl (C=O) groups is 2. The minimum Gasteiger partial charge on any atom is -0.465 e. The Labute approximate surface area is 161 Å². The molecule has 28 heavy (non-hydrogen) atoms. The minimum absolute atomic E-state index is 0.0450. The number of furan rings is 1. The summed E-state index contributed by atoms with van der Waals surface area (Å²) in [6, 6.07) is 16.2. The summed E-state index contributed by atoms with van der Waals surface area (Å²) >= 11 is 0. The van der Waals surface area contributed by atoms with E-state index in [0.717, 1.165) is 11.1 Å². The molecule has 0 fully saturated rings. The first-order chi connectivity index (χ1) is 13.5. The fraction of sp³-hybridized carbons (Fsp3) is 0.0909. The Morgan fingerprint density at radius 2 is 1.86 bits per heavy atom. The van der Waals surface area contributed by atoms with Crippen LogP contribution >= 0.6 is 0 Å². The van der Waals surface area contributed by atoms with Crippen LogP contribution in [0.15, 0.2) is 77.0 Å². The highest BCUT2D eigenvalue weighted by atomic mass is 19.1. The number of aryl methyl sites for hydroxylation is 1. The van der Waals surface area contributed by atoms with Crippen molar-refractivity contribution in [3.05, 3.63) is 101 Å². The molecule has 1 heterocycles. The zero-order valence-corrected chi connectivity index (χ0v) is 15.2. The molecule has 0 bridgehead atoms. The molecule has 0 spiro atoms. The molecule has 0 aliphatic rings. The topological polar surface area (TPSA) is 71.3 Å². The molecule has 0 aliphatic carbocycles. The monoisotopic (exact) mass is 378 g/mol. The molecule has 0 unspecified atom stereocenters. The first-order valence-corrected chi connectivity index (χ1v) is 8.67. The van der Waals surface area contributed by atoms with E-state index < -0.39 is 11.8 Å². The second-order valence-electron chi connectivity index (χ2n) is 6.21. The normalized spacial score (nSPS) is 11.1. The molecule has 2 aromatic carbocycles. The van der Waals surface area contributed by atoms with Crippen LogP contribution in [0.1, 0.15) is 27.2 Å². The number of halogens is 1. The minimum atomic E-state index is -0.485. The number of nitrogens with one attached hydrogen (secondary N) is 2. The lowest BCUT2D eigenvalue weighted by molar-refractivity contribution is -0.117. The lowest BCUT2D eigenvalue weighted by Crippen LogP contribution is -2.34. The summed E-state index contributed by atoms with van der Waals surface area (Å²) in [5.74, 6) is -0.810. The van der Waals surface area contributed by atoms with Crippen molar-refractivity contribution in [2.24, 2.45) is 0 Å². The molecule has 2 N–H and O–H groups in total. The third-order valence-electron chi connectivity index (χ3n) is 3.97. The summed E-state index contributed by atoms with van der Waals surface area (Å²) in [6.07, 6.45) is 2.93. The van der Waals surface area contributed by atoms with Crippen molar-refractivity contribution in [2.75, 3.05) is 0 Å². The third-order valence-corrected chi connectivity index (χ3v) is 3.97. The SMILES string of the molecule is Cc1cccc(C(=O)N/C(=C\c2ccco2)C(=O)NCc2ccc(F)cc2)c1. The highest BCUT2D eigenvalue weighted by Gasteiger charge is 2.15. The zero-order chi connectivity index (χ0) is 19.9. The highest BCUT2D eigenvalue weighted by Crippen LogP contribution is 2.10. The first-order valence-electron chi connectivity index (χ1n) is 8.67. The van der Waals surface area contributed by atoms with Crippen LogP contribution in [-0.4, -0.2) is 11.8 Å². The predicted octanol–water partition coefficient (Wildman–Crippen LogP) is 3.81. The second kappa shape index (κ2) is 8.81. The lowest BCUT2D eigenvalue weighted by Gasteiger charge is -2.11. The largest absolute Gasteiger partial charge is 0.465 e. The Morgan fingerprint density at radius 3 is 2.54 bits per heavy atom. The summed E-state index contributed by atoms with van der Waals surface area (Å²) in [4.78, 5) is 25.2. The smallest absolute Gasteiger partial charge is 0.268 e. The van der Waals surface area contributed by atoms with Crippen molar-refractivity contribution >= 4 is 17.9 Å². The van der Waals surface area contributed by atoms with Gasteiger partial charge in [-0.25, -0.2) is 4.39 Å². The van der Waals surface area contributed by atoms with E-state index in [2.05, 4.69) is 10.6 Å². The van der Waals surface area contributed by atoms with Gasteiger partial charge in [0.1, 0.15) is 17.3 Å². The van der Waals surface area contributed by atoms with Gasteiger partial charge in [0, 0.05) is 18.2 Å². The van der Waals surface area contributed by atoms with Gasteiger partial charge >= 0.3 is 0 Å². The molecule has 6 heteroatoms. The zero-order valence-electron chi connectivity index (χ0n) is 15.2. The van der Waals surface area contributed by atoms with Gasteiger partial charge in [-0.1, -0.05) is 29.8 Å². The van der Waals surface area contributed by atoms with Gasteiger partial charge in [0.15, 0.2) is 0 Å². The van der Waals surface area contributed by atoms with Crippen molar-refractivity contribution in [3.8, 4) is 0 Å². The molecule has 0 atom stereocenters. The molecule has 0 saturated heterocycles. The second-order valence-corrected chi connectivity index (χ2v) is 6.21. The first kappa shape index (κ1) is 19.1. The van der Waals surface area contributed by atoms with Crippen LogP contribution in [0.25, 0.3) is 6.08 Å². The van der Waals surface area contributed by atoms with Crippen LogP contribution in [0.4, 0.5) is 4.39 Å². The van der Waals surface area contributed by atoms with Gasteiger partial charge in [-0.3, -0.25) is 9.59 Å². The summed E-state index contributed by atoms with van der Waals surface area (Å²) in [6.45, 7) is 2.07. The fourth-order valence-corrected chi connectivity index (χ4v) is 2.53. The summed E-state index contributed by atoms with van der Waals surface area (Å²) in [7, 11) is 0. The quantitative estimate of drug-likeness (QED) is 0.641. The summed E-state index contributed by atoms with van der Waals surface area (Å²) in [5.41, 5.74) is 2.15. The summed E-state index contributed by atoms with van der Waals surface area (Å²) in [5, 5.41) is 5.35. The van der Waals surface area contributed by atoms with Crippen molar-refractivity contribution in [2.45, 2.75) is 13.5 Å². The van der Waals surface area contributed by atoms with Gasteiger partial charge in [-0.15, -0.1) is 0 Å². The summed E-state index contributed by atoms with van der Waals surface area (Å²) < 4.78 is 18.3. The van der Waals surface area contributed by atoms with Crippen LogP contribution in [0.3, 0.4) is 0 Å². The van der Waals surface area contributed by atoms with Crippen LogP contribution in [-0.2, 0) is 11.3 Å². The Bertz CT molecular complexity index is 993. The Kier molecular flexibility index (Phi) is 6.01. The van der Waals surface area contributed by atoms with Gasteiger partial charge in [-0.05, 0) is 48.9 Å². The van der Waals surface area contributed by atoms with Gasteiger partial charge in [0.25, 0.3) is 11.8 Å². The molecule has 0 aliphatic heterocycles. The van der Waals surface area contributed by atoms with Crippen LogP contribution in [0, 0.1) is 12.7 Å². The van der Waals surface area contributed by atoms with Crippen molar-refractivity contribution in [1.29, 1.82) is 0 Å². The molecule has 0 saturated carbocycles. The van der Waals surface area contributed by atoms with Gasteiger partial charge in [0.2, 0.25) is 0 Å². The predicted molar refractivity (Wildman–Crippen MR) is 104 cm³/mol. The van der Waals surface area contributed by atoms with E-state index in [1.54, 1.807) is 42.5 Å². The molecule has 5 nitrogen and oxygen atoms in total. The van der Waals surface area contributed by atoms with Crippen LogP contribution in [0.5, 0.6) is 0 Å². The molecule has 2 amide bonds. The average Bonchev–Trinajstić information content (AvgIpc) is 3.20. The van der Waals surface area contributed by atoms with E-state index in [1.165, 1.54) is 24.5 Å². The number of carbonyl (C=O) groups excluding carboxylic acids is 2. The molecule has 1 aromatic heterocycles. The van der Waals surface area contributed by atoms with Gasteiger partial charge in [-0.2, -0.15) is 0 Å². The maximum absolute atomic E-state index is 13.0. The lowest BCUT2D eigenvalue weighted by atomic mass is 10.1. The maximum Gasteiger partial charge on any atom is 0.268 e. The maximum atomic E-state index is 13.0. The Morgan fingerprint density at radius 1 is 1.07 bits per heavy atom. The van der Waals surface area contributed by atoms with Crippen molar-refractivity contribution in [3.63, 3.8) is 0 Å². The fourth-order valence-electron chi connectivity index (χ4n) is 2.53. The van der Waals surface area contributed by atoms with E-state index in [0.29, 0.717) is 11.3 Å². The molecule has 3 rings (SSSR count). The number of amides is 2. The van der Waals surface area contributed by atoms with E-state index in [9.17, 15) is 14.0 Å². The average molecular weight is 378 g/mol. The van der Waals surface area contributed by atoms with E-state index in [-0.39, 0.29) is 18.1 Å². The number of rotatable bonds is 6. The highest BCUT2D eigenvalue weighted by molar-refractivity contribution is 6.05. The van der Waals surface area contributed by atoms with E-state index in [1.807, 2.05) is 13.0 Å². The van der Waals surface area contributed by atoms with Crippen molar-refractivity contribution < 1.29 is 18.4 Å². The van der Waals surface area contributed by atoms with Gasteiger partial charge in [0.05, 0.1) is 6.26 Å². The molecule has 142 valence electrons. The molecular formula is C22H19FN2O3. The number of benzene rings is 2. The molecule has 3 aromatic rings. The Hall–Kier alpha value is -3.67. The number of hydrogen-bond acceptors (Lipinski definition) is 3. The van der Waals surface area contributed by atoms with E-state index >= 15 is 0 Å². The van der Waals surface area contributed by atoms with Crippen LogP contribution in [0.2, 0.25) is 0 Å². The molecule has 0 radical (unpaired) electrons. The van der Waals surface area contributed by atoms with Gasteiger partial charge < -0.3 is 15.1 Å². The molecular weight excluding hydrogens is 359 g/mol. The van der Waals surface area contributed by atoms with Crippen LogP contribution < -0.4 is 10.6 Å². The van der Waals surface area contributed by atoms with E-state index in [4.69, 9.17) is 4.42 Å². The third kappa shape index (κ3) is 5.17. The standard InChI is InChI=1S/C22H19FN2O3/c1-15-4-2-5-17(12-15)21(26)25-20(13-19-6-3-11-28-19)22(27)24-14-16-7-9-18(23)10-8-16/h2-13H,14H2,1H3,(H,24,27)(H,25,26)/b20-13-.